The molecule has 1 fully saturated rings. The number of hydrogen-bond donors (Lipinski definition) is 0. The predicted octanol–water partition coefficient (Wildman–Crippen LogP) is 1.79. The van der Waals surface area contributed by atoms with Gasteiger partial charge in [0.1, 0.15) is 0 Å². The van der Waals surface area contributed by atoms with Gasteiger partial charge >= 0.3 is 6.03 Å². The van der Waals surface area contributed by atoms with E-state index in [1.165, 1.54) is 6.42 Å². The fourth-order valence-corrected chi connectivity index (χ4v) is 1.86. The highest BCUT2D eigenvalue weighted by Gasteiger charge is 2.28. The SMILES string of the molecule is CC1CCCN(C(=O)N(C)C)C1C. The van der Waals surface area contributed by atoms with Crippen molar-refractivity contribution in [2.45, 2.75) is 32.7 Å². The second-order valence-corrected chi connectivity index (χ2v) is 4.23. The molecule has 0 aliphatic carbocycles. The predicted molar refractivity (Wildman–Crippen MR) is 53.6 cm³/mol. The van der Waals surface area contributed by atoms with Gasteiger partial charge in [0.2, 0.25) is 0 Å². The molecule has 1 heterocycles. The number of carbonyl (C=O) groups excluding carboxylic acids is 1. The monoisotopic (exact) mass is 184 g/mol. The minimum atomic E-state index is 0.152. The zero-order chi connectivity index (χ0) is 10.0. The molecule has 1 aliphatic rings. The molecule has 3 heteroatoms. The fraction of sp³-hybridized carbons (Fsp3) is 0.900. The van der Waals surface area contributed by atoms with Gasteiger partial charge < -0.3 is 9.80 Å². The van der Waals surface area contributed by atoms with E-state index in [9.17, 15) is 4.79 Å². The molecule has 0 saturated carbocycles. The van der Waals surface area contributed by atoms with E-state index in [4.69, 9.17) is 0 Å². The summed E-state index contributed by atoms with van der Waals surface area (Å²) in [5, 5.41) is 0. The number of urea groups is 1. The van der Waals surface area contributed by atoms with E-state index in [1.807, 2.05) is 19.0 Å². The van der Waals surface area contributed by atoms with Crippen molar-refractivity contribution in [2.24, 2.45) is 5.92 Å². The van der Waals surface area contributed by atoms with Gasteiger partial charge in [0.05, 0.1) is 0 Å². The van der Waals surface area contributed by atoms with Crippen molar-refractivity contribution in [2.75, 3.05) is 20.6 Å². The lowest BCUT2D eigenvalue weighted by Crippen LogP contribution is -2.49. The quantitative estimate of drug-likeness (QED) is 0.563. The lowest BCUT2D eigenvalue weighted by Gasteiger charge is -2.39. The normalized spacial score (nSPS) is 28.8. The van der Waals surface area contributed by atoms with Crippen molar-refractivity contribution < 1.29 is 4.79 Å². The van der Waals surface area contributed by atoms with Crippen LogP contribution in [0.2, 0.25) is 0 Å². The number of hydrogen-bond acceptors (Lipinski definition) is 1. The van der Waals surface area contributed by atoms with E-state index in [0.717, 1.165) is 13.0 Å². The number of carbonyl (C=O) groups is 1. The molecular formula is C10H20N2O. The van der Waals surface area contributed by atoms with E-state index >= 15 is 0 Å². The van der Waals surface area contributed by atoms with Crippen LogP contribution in [0.4, 0.5) is 4.79 Å². The van der Waals surface area contributed by atoms with Crippen molar-refractivity contribution in [3.63, 3.8) is 0 Å². The van der Waals surface area contributed by atoms with Crippen molar-refractivity contribution in [1.82, 2.24) is 9.80 Å². The van der Waals surface area contributed by atoms with E-state index in [2.05, 4.69) is 13.8 Å². The second-order valence-electron chi connectivity index (χ2n) is 4.23. The molecule has 0 spiro atoms. The first-order chi connectivity index (χ1) is 6.04. The first kappa shape index (κ1) is 10.4. The van der Waals surface area contributed by atoms with Gasteiger partial charge in [-0.2, -0.15) is 0 Å². The maximum Gasteiger partial charge on any atom is 0.319 e. The minimum absolute atomic E-state index is 0.152. The van der Waals surface area contributed by atoms with E-state index in [1.54, 1.807) is 4.90 Å². The highest BCUT2D eigenvalue weighted by molar-refractivity contribution is 5.74. The summed E-state index contributed by atoms with van der Waals surface area (Å²) >= 11 is 0. The third-order valence-corrected chi connectivity index (χ3v) is 3.00. The Kier molecular flexibility index (Phi) is 3.17. The fourth-order valence-electron chi connectivity index (χ4n) is 1.86. The summed E-state index contributed by atoms with van der Waals surface area (Å²) in [6, 6.07) is 0.544. The molecule has 0 bridgehead atoms. The summed E-state index contributed by atoms with van der Waals surface area (Å²) in [4.78, 5) is 15.3. The standard InChI is InChI=1S/C10H20N2O/c1-8-6-5-7-12(9(8)2)10(13)11(3)4/h8-9H,5-7H2,1-4H3. The summed E-state index contributed by atoms with van der Waals surface area (Å²) in [6.07, 6.45) is 2.39. The molecule has 3 nitrogen and oxygen atoms in total. The molecule has 1 aliphatic heterocycles. The highest BCUT2D eigenvalue weighted by atomic mass is 16.2. The van der Waals surface area contributed by atoms with Crippen LogP contribution in [-0.2, 0) is 0 Å². The molecule has 76 valence electrons. The number of nitrogens with zero attached hydrogens (tertiary/aromatic N) is 2. The van der Waals surface area contributed by atoms with Crippen LogP contribution in [0.3, 0.4) is 0 Å². The largest absolute Gasteiger partial charge is 0.331 e. The maximum atomic E-state index is 11.7. The molecule has 0 aromatic carbocycles. The molecule has 13 heavy (non-hydrogen) atoms. The van der Waals surface area contributed by atoms with Crippen LogP contribution in [0.25, 0.3) is 0 Å². The average molecular weight is 184 g/mol. The lowest BCUT2D eigenvalue weighted by atomic mass is 9.92. The Bertz CT molecular complexity index is 191. The Balaban J connectivity index is 2.62. The zero-order valence-electron chi connectivity index (χ0n) is 9.08. The molecule has 1 saturated heterocycles. The molecule has 0 aromatic heterocycles. The number of amides is 2. The molecule has 0 radical (unpaired) electrons. The summed E-state index contributed by atoms with van der Waals surface area (Å²) in [5.74, 6) is 0.637. The first-order valence-corrected chi connectivity index (χ1v) is 5.02. The minimum Gasteiger partial charge on any atom is -0.331 e. The third-order valence-electron chi connectivity index (χ3n) is 3.00. The van der Waals surface area contributed by atoms with Gasteiger partial charge in [0.25, 0.3) is 0 Å². The molecule has 0 aromatic rings. The average Bonchev–Trinajstić information content (AvgIpc) is 2.08. The summed E-state index contributed by atoms with van der Waals surface area (Å²) in [7, 11) is 3.63. The topological polar surface area (TPSA) is 23.6 Å². The zero-order valence-corrected chi connectivity index (χ0v) is 9.08. The number of piperidine rings is 1. The Morgan fingerprint density at radius 3 is 2.54 bits per heavy atom. The number of likely N-dealkylation sites (tertiary alicyclic amines) is 1. The Labute approximate surface area is 80.7 Å². The lowest BCUT2D eigenvalue weighted by molar-refractivity contribution is 0.110. The third kappa shape index (κ3) is 2.14. The van der Waals surface area contributed by atoms with Crippen LogP contribution in [0, 0.1) is 5.92 Å². The van der Waals surface area contributed by atoms with Crippen LogP contribution in [0.1, 0.15) is 26.7 Å². The van der Waals surface area contributed by atoms with Gasteiger partial charge in [-0.05, 0) is 25.7 Å². The van der Waals surface area contributed by atoms with Crippen LogP contribution in [0.5, 0.6) is 0 Å². The van der Waals surface area contributed by atoms with Crippen LogP contribution >= 0.6 is 0 Å². The Morgan fingerprint density at radius 2 is 2.00 bits per heavy atom. The van der Waals surface area contributed by atoms with Gasteiger partial charge in [0.15, 0.2) is 0 Å². The summed E-state index contributed by atoms with van der Waals surface area (Å²) < 4.78 is 0. The van der Waals surface area contributed by atoms with Gasteiger partial charge in [-0.1, -0.05) is 6.92 Å². The van der Waals surface area contributed by atoms with Crippen molar-refractivity contribution in [1.29, 1.82) is 0 Å². The first-order valence-electron chi connectivity index (χ1n) is 5.02. The molecular weight excluding hydrogens is 164 g/mol. The van der Waals surface area contributed by atoms with Crippen molar-refractivity contribution >= 4 is 6.03 Å². The summed E-state index contributed by atoms with van der Waals surface area (Å²) in [5.41, 5.74) is 0. The van der Waals surface area contributed by atoms with Crippen LogP contribution < -0.4 is 0 Å². The van der Waals surface area contributed by atoms with Gasteiger partial charge in [-0.3, -0.25) is 0 Å². The molecule has 2 atom stereocenters. The molecule has 0 N–H and O–H groups in total. The molecule has 2 amide bonds. The summed E-state index contributed by atoms with van der Waals surface area (Å²) in [6.45, 7) is 5.29. The maximum absolute atomic E-state index is 11.7. The number of rotatable bonds is 0. The van der Waals surface area contributed by atoms with E-state index in [-0.39, 0.29) is 6.03 Å². The van der Waals surface area contributed by atoms with Crippen LogP contribution in [-0.4, -0.2) is 42.5 Å². The van der Waals surface area contributed by atoms with Crippen LogP contribution in [0.15, 0.2) is 0 Å². The van der Waals surface area contributed by atoms with E-state index < -0.39 is 0 Å². The van der Waals surface area contributed by atoms with Gasteiger partial charge in [-0.15, -0.1) is 0 Å². The molecule has 1 rings (SSSR count). The van der Waals surface area contributed by atoms with Gasteiger partial charge in [0, 0.05) is 26.7 Å². The van der Waals surface area contributed by atoms with Gasteiger partial charge in [-0.25, -0.2) is 4.79 Å². The highest BCUT2D eigenvalue weighted by Crippen LogP contribution is 2.23. The second kappa shape index (κ2) is 3.99. The van der Waals surface area contributed by atoms with Crippen molar-refractivity contribution in [3.05, 3.63) is 0 Å². The smallest absolute Gasteiger partial charge is 0.319 e. The Hall–Kier alpha value is -0.730. The Morgan fingerprint density at radius 1 is 1.38 bits per heavy atom. The van der Waals surface area contributed by atoms with E-state index in [0.29, 0.717) is 12.0 Å². The molecule has 2 unspecified atom stereocenters. The van der Waals surface area contributed by atoms with Crippen molar-refractivity contribution in [3.8, 4) is 0 Å².